The number of aliphatic imine (C=N–C) groups is 1. The van der Waals surface area contributed by atoms with Crippen molar-refractivity contribution in [2.45, 2.75) is 41.5 Å². The number of hydrogen-bond donors (Lipinski definition) is 0. The van der Waals surface area contributed by atoms with E-state index in [-0.39, 0.29) is 22.5 Å². The Hall–Kier alpha value is -0.660. The molecule has 0 radical (unpaired) electrons. The molecule has 0 fully saturated rings. The number of hydrogen-bond acceptors (Lipinski definition) is 2. The third-order valence-corrected chi connectivity index (χ3v) is 2.64. The summed E-state index contributed by atoms with van der Waals surface area (Å²) < 4.78 is 0. The van der Waals surface area contributed by atoms with Crippen molar-refractivity contribution >= 4 is 11.5 Å². The minimum Gasteiger partial charge on any atom is -0.297 e. The van der Waals surface area contributed by atoms with Crippen LogP contribution in [-0.2, 0) is 4.79 Å². The molecule has 0 N–H and O–H groups in total. The van der Waals surface area contributed by atoms with Gasteiger partial charge in [0.1, 0.15) is 0 Å². The Morgan fingerprint density at radius 3 is 1.93 bits per heavy atom. The van der Waals surface area contributed by atoms with Crippen molar-refractivity contribution in [3.05, 3.63) is 0 Å². The fourth-order valence-corrected chi connectivity index (χ4v) is 2.06. The molecular weight excluding hydrogens is 174 g/mol. The summed E-state index contributed by atoms with van der Waals surface area (Å²) in [6.07, 6.45) is 0. The number of ketones is 1. The summed E-state index contributed by atoms with van der Waals surface area (Å²) in [4.78, 5) is 16.2. The summed E-state index contributed by atoms with van der Waals surface area (Å²) in [6, 6.07) is 0. The van der Waals surface area contributed by atoms with Gasteiger partial charge in [0.25, 0.3) is 0 Å². The predicted molar refractivity (Wildman–Crippen MR) is 59.7 cm³/mol. The van der Waals surface area contributed by atoms with Gasteiger partial charge in [-0.05, 0) is 5.41 Å². The molecular formula is C12H21NO. The lowest BCUT2D eigenvalue weighted by molar-refractivity contribution is -0.121. The Kier molecular flexibility index (Phi) is 2.59. The SMILES string of the molecule is CC(C)(C)C1=NCC(=O)C1C(C)(C)C. The Labute approximate surface area is 86.8 Å². The molecule has 0 aliphatic carbocycles. The van der Waals surface area contributed by atoms with Crippen molar-refractivity contribution in [3.63, 3.8) is 0 Å². The molecule has 2 nitrogen and oxygen atoms in total. The molecule has 1 aliphatic heterocycles. The summed E-state index contributed by atoms with van der Waals surface area (Å²) >= 11 is 0. The fourth-order valence-electron chi connectivity index (χ4n) is 2.06. The molecule has 1 rings (SSSR count). The highest BCUT2D eigenvalue weighted by molar-refractivity contribution is 6.13. The highest BCUT2D eigenvalue weighted by Crippen LogP contribution is 2.37. The van der Waals surface area contributed by atoms with Gasteiger partial charge in [-0.3, -0.25) is 9.79 Å². The zero-order valence-corrected chi connectivity index (χ0v) is 10.1. The average molecular weight is 195 g/mol. The first kappa shape index (κ1) is 11.4. The third kappa shape index (κ3) is 2.05. The highest BCUT2D eigenvalue weighted by Gasteiger charge is 2.42. The van der Waals surface area contributed by atoms with Crippen molar-refractivity contribution in [2.24, 2.45) is 21.7 Å². The van der Waals surface area contributed by atoms with Crippen LogP contribution in [0.5, 0.6) is 0 Å². The van der Waals surface area contributed by atoms with Gasteiger partial charge in [0.15, 0.2) is 5.78 Å². The molecule has 0 amide bonds. The first-order valence-electron chi connectivity index (χ1n) is 5.21. The molecule has 1 unspecified atom stereocenters. The molecule has 0 aromatic heterocycles. The monoisotopic (exact) mass is 195 g/mol. The van der Waals surface area contributed by atoms with Gasteiger partial charge in [-0.2, -0.15) is 0 Å². The molecule has 0 bridgehead atoms. The molecule has 0 saturated carbocycles. The van der Waals surface area contributed by atoms with Crippen LogP contribution in [0.3, 0.4) is 0 Å². The summed E-state index contributed by atoms with van der Waals surface area (Å²) in [7, 11) is 0. The van der Waals surface area contributed by atoms with Gasteiger partial charge in [0, 0.05) is 11.1 Å². The second-order valence-corrected chi connectivity index (χ2v) is 6.22. The van der Waals surface area contributed by atoms with Crippen molar-refractivity contribution < 1.29 is 4.79 Å². The quantitative estimate of drug-likeness (QED) is 0.584. The summed E-state index contributed by atoms with van der Waals surface area (Å²) in [6.45, 7) is 13.1. The smallest absolute Gasteiger partial charge is 0.163 e. The number of nitrogens with zero attached hydrogens (tertiary/aromatic N) is 1. The van der Waals surface area contributed by atoms with Crippen LogP contribution >= 0.6 is 0 Å². The molecule has 14 heavy (non-hydrogen) atoms. The van der Waals surface area contributed by atoms with Crippen molar-refractivity contribution in [2.75, 3.05) is 6.54 Å². The minimum atomic E-state index is -0.000301. The molecule has 0 aromatic rings. The van der Waals surface area contributed by atoms with Gasteiger partial charge in [0.2, 0.25) is 0 Å². The van der Waals surface area contributed by atoms with E-state index in [0.717, 1.165) is 5.71 Å². The first-order valence-corrected chi connectivity index (χ1v) is 5.21. The summed E-state index contributed by atoms with van der Waals surface area (Å²) in [5, 5.41) is 0. The number of carbonyl (C=O) groups is 1. The fraction of sp³-hybridized carbons (Fsp3) is 0.833. The maximum atomic E-state index is 11.8. The summed E-state index contributed by atoms with van der Waals surface area (Å²) in [5.74, 6) is 0.296. The molecule has 80 valence electrons. The maximum absolute atomic E-state index is 11.8. The maximum Gasteiger partial charge on any atom is 0.163 e. The van der Waals surface area contributed by atoms with Gasteiger partial charge < -0.3 is 0 Å². The molecule has 1 aliphatic rings. The Morgan fingerprint density at radius 2 is 1.64 bits per heavy atom. The van der Waals surface area contributed by atoms with E-state index in [9.17, 15) is 4.79 Å². The third-order valence-electron chi connectivity index (χ3n) is 2.64. The topological polar surface area (TPSA) is 29.4 Å². The normalized spacial score (nSPS) is 24.0. The minimum absolute atomic E-state index is 0.000301. The van der Waals surface area contributed by atoms with E-state index in [1.165, 1.54) is 0 Å². The molecule has 1 atom stereocenters. The van der Waals surface area contributed by atoms with Crippen LogP contribution in [-0.4, -0.2) is 18.0 Å². The van der Waals surface area contributed by atoms with E-state index < -0.39 is 0 Å². The second-order valence-electron chi connectivity index (χ2n) is 6.22. The standard InChI is InChI=1S/C12H21NO/c1-11(2,3)9-8(14)7-13-10(9)12(4,5)6/h9H,7H2,1-6H3. The van der Waals surface area contributed by atoms with Crippen LogP contribution in [0, 0.1) is 16.7 Å². The summed E-state index contributed by atoms with van der Waals surface area (Å²) in [5.41, 5.74) is 1.10. The van der Waals surface area contributed by atoms with Crippen LogP contribution < -0.4 is 0 Å². The van der Waals surface area contributed by atoms with Crippen LogP contribution in [0.25, 0.3) is 0 Å². The van der Waals surface area contributed by atoms with Crippen LogP contribution in [0.2, 0.25) is 0 Å². The molecule has 0 saturated heterocycles. The van der Waals surface area contributed by atoms with Crippen molar-refractivity contribution in [1.29, 1.82) is 0 Å². The van der Waals surface area contributed by atoms with Gasteiger partial charge in [0.05, 0.1) is 12.5 Å². The van der Waals surface area contributed by atoms with E-state index in [1.807, 2.05) is 0 Å². The van der Waals surface area contributed by atoms with Gasteiger partial charge in [-0.25, -0.2) is 0 Å². The zero-order chi connectivity index (χ0) is 11.1. The van der Waals surface area contributed by atoms with E-state index in [4.69, 9.17) is 0 Å². The van der Waals surface area contributed by atoms with E-state index in [1.54, 1.807) is 0 Å². The average Bonchev–Trinajstić information content (AvgIpc) is 2.27. The van der Waals surface area contributed by atoms with Gasteiger partial charge >= 0.3 is 0 Å². The first-order chi connectivity index (χ1) is 6.14. The largest absolute Gasteiger partial charge is 0.297 e. The predicted octanol–water partition coefficient (Wildman–Crippen LogP) is 2.72. The van der Waals surface area contributed by atoms with Crippen molar-refractivity contribution in [1.82, 2.24) is 0 Å². The lowest BCUT2D eigenvalue weighted by atomic mass is 9.70. The van der Waals surface area contributed by atoms with Crippen LogP contribution in [0.1, 0.15) is 41.5 Å². The highest BCUT2D eigenvalue weighted by atomic mass is 16.1. The molecule has 0 aromatic carbocycles. The molecule has 1 heterocycles. The van der Waals surface area contributed by atoms with Crippen LogP contribution in [0.4, 0.5) is 0 Å². The Bertz CT molecular complexity index is 276. The lowest BCUT2D eigenvalue weighted by Crippen LogP contribution is -2.38. The Balaban J connectivity index is 3.04. The molecule has 0 spiro atoms. The van der Waals surface area contributed by atoms with Gasteiger partial charge in [-0.1, -0.05) is 41.5 Å². The number of Topliss-reactive ketones (excluding diaryl/α,β-unsaturated/α-hetero) is 1. The van der Waals surface area contributed by atoms with E-state index >= 15 is 0 Å². The van der Waals surface area contributed by atoms with E-state index in [2.05, 4.69) is 46.5 Å². The lowest BCUT2D eigenvalue weighted by Gasteiger charge is -2.32. The van der Waals surface area contributed by atoms with Gasteiger partial charge in [-0.15, -0.1) is 0 Å². The van der Waals surface area contributed by atoms with E-state index in [0.29, 0.717) is 6.54 Å². The zero-order valence-electron chi connectivity index (χ0n) is 10.1. The number of carbonyl (C=O) groups excluding carboxylic acids is 1. The number of rotatable bonds is 0. The van der Waals surface area contributed by atoms with Crippen molar-refractivity contribution in [3.8, 4) is 0 Å². The Morgan fingerprint density at radius 1 is 1.14 bits per heavy atom. The second kappa shape index (κ2) is 3.18. The van der Waals surface area contributed by atoms with Crippen LogP contribution in [0.15, 0.2) is 4.99 Å². The molecule has 2 heteroatoms.